The average molecular weight is 262 g/mol. The first-order chi connectivity index (χ1) is 9.05. The van der Waals surface area contributed by atoms with E-state index < -0.39 is 5.54 Å². The fraction of sp³-hybridized carbons (Fsp3) is 0.533. The first-order valence-electron chi connectivity index (χ1n) is 6.63. The van der Waals surface area contributed by atoms with Crippen molar-refractivity contribution >= 4 is 0 Å². The van der Waals surface area contributed by atoms with Crippen LogP contribution in [-0.4, -0.2) is 18.2 Å². The van der Waals surface area contributed by atoms with E-state index in [-0.39, 0.29) is 18.5 Å². The molecule has 0 saturated heterocycles. The van der Waals surface area contributed by atoms with Gasteiger partial charge in [0.15, 0.2) is 0 Å². The Morgan fingerprint density at radius 3 is 2.53 bits per heavy atom. The third kappa shape index (κ3) is 3.45. The standard InChI is InChI=1S/C15H19FN2O/c1-11(2)18-15(9-17,12-3-4-12)10-19-14-7-5-13(16)6-8-14/h5-8,11-12,18H,3-4,10H2,1-2H3. The van der Waals surface area contributed by atoms with Gasteiger partial charge in [-0.2, -0.15) is 5.26 Å². The zero-order valence-corrected chi connectivity index (χ0v) is 11.3. The number of hydrogen-bond acceptors (Lipinski definition) is 3. The fourth-order valence-electron chi connectivity index (χ4n) is 2.25. The Morgan fingerprint density at radius 1 is 1.42 bits per heavy atom. The monoisotopic (exact) mass is 262 g/mol. The highest BCUT2D eigenvalue weighted by molar-refractivity contribution is 5.24. The van der Waals surface area contributed by atoms with Gasteiger partial charge in [-0.05, 0) is 56.9 Å². The smallest absolute Gasteiger partial charge is 0.144 e. The highest BCUT2D eigenvalue weighted by atomic mass is 19.1. The zero-order valence-electron chi connectivity index (χ0n) is 11.3. The molecule has 0 aromatic heterocycles. The molecular formula is C15H19FN2O. The van der Waals surface area contributed by atoms with Crippen LogP contribution in [0, 0.1) is 23.1 Å². The quantitative estimate of drug-likeness (QED) is 0.857. The molecule has 19 heavy (non-hydrogen) atoms. The first-order valence-corrected chi connectivity index (χ1v) is 6.63. The second-order valence-corrected chi connectivity index (χ2v) is 5.40. The third-order valence-corrected chi connectivity index (χ3v) is 3.30. The summed E-state index contributed by atoms with van der Waals surface area (Å²) in [6.45, 7) is 4.33. The van der Waals surface area contributed by atoms with Gasteiger partial charge in [-0.25, -0.2) is 4.39 Å². The molecule has 2 rings (SSSR count). The minimum atomic E-state index is -0.636. The molecule has 0 amide bonds. The molecule has 3 nitrogen and oxygen atoms in total. The Labute approximate surface area is 113 Å². The molecule has 1 N–H and O–H groups in total. The lowest BCUT2D eigenvalue weighted by molar-refractivity contribution is 0.192. The van der Waals surface area contributed by atoms with Crippen LogP contribution in [0.2, 0.25) is 0 Å². The van der Waals surface area contributed by atoms with Gasteiger partial charge in [-0.15, -0.1) is 0 Å². The lowest BCUT2D eigenvalue weighted by Gasteiger charge is -2.30. The lowest BCUT2D eigenvalue weighted by atomic mass is 9.95. The number of hydrogen-bond donors (Lipinski definition) is 1. The first kappa shape index (κ1) is 13.8. The summed E-state index contributed by atoms with van der Waals surface area (Å²) in [7, 11) is 0. The summed E-state index contributed by atoms with van der Waals surface area (Å²) < 4.78 is 18.5. The molecule has 1 aromatic carbocycles. The van der Waals surface area contributed by atoms with Gasteiger partial charge in [0.2, 0.25) is 0 Å². The third-order valence-electron chi connectivity index (χ3n) is 3.30. The van der Waals surface area contributed by atoms with Crippen molar-refractivity contribution < 1.29 is 9.13 Å². The molecule has 1 unspecified atom stereocenters. The molecule has 0 spiro atoms. The van der Waals surface area contributed by atoms with Crippen molar-refractivity contribution in [3.8, 4) is 11.8 Å². The normalized spacial score (nSPS) is 17.8. The molecule has 0 bridgehead atoms. The molecular weight excluding hydrogens is 243 g/mol. The van der Waals surface area contributed by atoms with Crippen molar-refractivity contribution in [2.45, 2.75) is 38.3 Å². The number of nitrogens with one attached hydrogen (secondary N) is 1. The van der Waals surface area contributed by atoms with E-state index in [2.05, 4.69) is 11.4 Å². The molecule has 4 heteroatoms. The number of nitriles is 1. The van der Waals surface area contributed by atoms with Crippen LogP contribution in [0.5, 0.6) is 5.75 Å². The Kier molecular flexibility index (Phi) is 4.06. The molecule has 1 saturated carbocycles. The van der Waals surface area contributed by atoms with Crippen molar-refractivity contribution in [3.05, 3.63) is 30.1 Å². The van der Waals surface area contributed by atoms with E-state index in [9.17, 15) is 9.65 Å². The van der Waals surface area contributed by atoms with E-state index in [0.717, 1.165) is 12.8 Å². The summed E-state index contributed by atoms with van der Waals surface area (Å²) in [5.74, 6) is 0.647. The van der Waals surface area contributed by atoms with E-state index in [1.165, 1.54) is 12.1 Å². The maximum absolute atomic E-state index is 12.8. The van der Waals surface area contributed by atoms with Crippen LogP contribution < -0.4 is 10.1 Å². The number of benzene rings is 1. The van der Waals surface area contributed by atoms with Crippen molar-refractivity contribution in [1.29, 1.82) is 5.26 Å². The van der Waals surface area contributed by atoms with Crippen molar-refractivity contribution in [2.75, 3.05) is 6.61 Å². The van der Waals surface area contributed by atoms with Crippen LogP contribution in [0.15, 0.2) is 24.3 Å². The molecule has 1 atom stereocenters. The van der Waals surface area contributed by atoms with E-state index in [1.54, 1.807) is 12.1 Å². The second kappa shape index (κ2) is 5.58. The van der Waals surface area contributed by atoms with Gasteiger partial charge < -0.3 is 4.74 Å². The van der Waals surface area contributed by atoms with Gasteiger partial charge in [0.05, 0.1) is 6.07 Å². The van der Waals surface area contributed by atoms with Gasteiger partial charge >= 0.3 is 0 Å². The topological polar surface area (TPSA) is 45.0 Å². The molecule has 102 valence electrons. The highest BCUT2D eigenvalue weighted by Gasteiger charge is 2.46. The average Bonchev–Trinajstić information content (AvgIpc) is 3.20. The summed E-state index contributed by atoms with van der Waals surface area (Å²) in [5, 5.41) is 12.8. The van der Waals surface area contributed by atoms with Crippen molar-refractivity contribution in [1.82, 2.24) is 5.32 Å². The maximum Gasteiger partial charge on any atom is 0.144 e. The van der Waals surface area contributed by atoms with Gasteiger partial charge in [0.1, 0.15) is 23.7 Å². The van der Waals surface area contributed by atoms with Crippen LogP contribution in [0.25, 0.3) is 0 Å². The summed E-state index contributed by atoms with van der Waals surface area (Å²) in [6, 6.07) is 8.48. The van der Waals surface area contributed by atoms with Crippen LogP contribution in [-0.2, 0) is 0 Å². The van der Waals surface area contributed by atoms with Gasteiger partial charge in [-0.3, -0.25) is 5.32 Å². The molecule has 1 aromatic rings. The highest BCUT2D eigenvalue weighted by Crippen LogP contribution is 2.40. The molecule has 0 aliphatic heterocycles. The largest absolute Gasteiger partial charge is 0.491 e. The van der Waals surface area contributed by atoms with Crippen molar-refractivity contribution in [2.24, 2.45) is 5.92 Å². The van der Waals surface area contributed by atoms with Gasteiger partial charge in [0, 0.05) is 6.04 Å². The molecule has 1 aliphatic rings. The molecule has 1 aliphatic carbocycles. The summed E-state index contributed by atoms with van der Waals surface area (Å²) in [4.78, 5) is 0. The summed E-state index contributed by atoms with van der Waals surface area (Å²) >= 11 is 0. The fourth-order valence-corrected chi connectivity index (χ4v) is 2.25. The van der Waals surface area contributed by atoms with E-state index in [4.69, 9.17) is 4.74 Å². The van der Waals surface area contributed by atoms with Gasteiger partial charge in [-0.1, -0.05) is 0 Å². The molecule has 0 heterocycles. The predicted octanol–water partition coefficient (Wildman–Crippen LogP) is 2.87. The van der Waals surface area contributed by atoms with E-state index >= 15 is 0 Å². The maximum atomic E-state index is 12.8. The Bertz CT molecular complexity index is 462. The van der Waals surface area contributed by atoms with E-state index in [1.807, 2.05) is 13.8 Å². The van der Waals surface area contributed by atoms with Crippen LogP contribution in [0.4, 0.5) is 4.39 Å². The zero-order chi connectivity index (χ0) is 13.9. The molecule has 1 fully saturated rings. The minimum absolute atomic E-state index is 0.220. The Hall–Kier alpha value is -1.60. The summed E-state index contributed by atoms with van der Waals surface area (Å²) in [5.41, 5.74) is -0.636. The molecule has 0 radical (unpaired) electrons. The van der Waals surface area contributed by atoms with Crippen molar-refractivity contribution in [3.63, 3.8) is 0 Å². The summed E-state index contributed by atoms with van der Waals surface area (Å²) in [6.07, 6.45) is 2.11. The number of rotatable bonds is 6. The van der Waals surface area contributed by atoms with Crippen LogP contribution in [0.3, 0.4) is 0 Å². The van der Waals surface area contributed by atoms with Crippen LogP contribution in [0.1, 0.15) is 26.7 Å². The van der Waals surface area contributed by atoms with Crippen LogP contribution >= 0.6 is 0 Å². The Balaban J connectivity index is 2.04. The number of nitrogens with zero attached hydrogens (tertiary/aromatic N) is 1. The number of halogens is 1. The number of ether oxygens (including phenoxy) is 1. The van der Waals surface area contributed by atoms with Gasteiger partial charge in [0.25, 0.3) is 0 Å². The SMILES string of the molecule is CC(C)NC(C#N)(COc1ccc(F)cc1)C1CC1. The second-order valence-electron chi connectivity index (χ2n) is 5.40. The van der Waals surface area contributed by atoms with E-state index in [0.29, 0.717) is 11.7 Å². The predicted molar refractivity (Wildman–Crippen MR) is 71.2 cm³/mol. The Morgan fingerprint density at radius 2 is 2.05 bits per heavy atom. The lowest BCUT2D eigenvalue weighted by Crippen LogP contribution is -2.53. The minimum Gasteiger partial charge on any atom is -0.491 e.